The molecule has 2 N–H and O–H groups in total. The number of nitrogens with zero attached hydrogens (tertiary/aromatic N) is 2. The van der Waals surface area contributed by atoms with E-state index in [0.717, 1.165) is 30.9 Å². The zero-order valence-electron chi connectivity index (χ0n) is 11.6. The Morgan fingerprint density at radius 1 is 1.37 bits per heavy atom. The first-order valence-electron chi connectivity index (χ1n) is 6.50. The van der Waals surface area contributed by atoms with Gasteiger partial charge < -0.3 is 10.6 Å². The molecule has 2 heterocycles. The van der Waals surface area contributed by atoms with Crippen LogP contribution in [0.4, 0.5) is 10.8 Å². The molecule has 108 valence electrons. The summed E-state index contributed by atoms with van der Waals surface area (Å²) in [5.74, 6) is 0.203. The lowest BCUT2D eigenvalue weighted by Crippen LogP contribution is -2.37. The average Bonchev–Trinajstić information content (AvgIpc) is 2.72. The quantitative estimate of drug-likeness (QED) is 0.926. The van der Waals surface area contributed by atoms with E-state index in [-0.39, 0.29) is 16.5 Å². The Labute approximate surface area is 118 Å². The molecule has 1 fully saturated rings. The van der Waals surface area contributed by atoms with Gasteiger partial charge in [0, 0.05) is 13.1 Å². The average molecular weight is 303 g/mol. The van der Waals surface area contributed by atoms with E-state index in [4.69, 9.17) is 5.73 Å². The summed E-state index contributed by atoms with van der Waals surface area (Å²) in [5.41, 5.74) is 6.09. The van der Waals surface area contributed by atoms with Gasteiger partial charge in [-0.05, 0) is 29.8 Å². The van der Waals surface area contributed by atoms with Gasteiger partial charge in [-0.3, -0.25) is 0 Å². The van der Waals surface area contributed by atoms with E-state index < -0.39 is 9.84 Å². The van der Waals surface area contributed by atoms with Gasteiger partial charge in [-0.2, -0.15) is 4.37 Å². The monoisotopic (exact) mass is 303 g/mol. The Balaban J connectivity index is 2.33. The molecule has 0 saturated carbocycles. The number of hydrogen-bond donors (Lipinski definition) is 1. The van der Waals surface area contributed by atoms with Crippen LogP contribution in [0.2, 0.25) is 0 Å². The molecule has 2 rings (SSSR count). The number of sulfone groups is 1. The van der Waals surface area contributed by atoms with E-state index in [0.29, 0.717) is 5.41 Å². The largest absolute Gasteiger partial charge is 0.382 e. The molecule has 7 heteroatoms. The maximum absolute atomic E-state index is 12.1. The number of piperidine rings is 1. The fourth-order valence-electron chi connectivity index (χ4n) is 2.24. The summed E-state index contributed by atoms with van der Waals surface area (Å²) in [5, 5.41) is 0.717. The smallest absolute Gasteiger partial charge is 0.184 e. The molecule has 1 saturated heterocycles. The minimum atomic E-state index is -3.31. The third-order valence-corrected chi connectivity index (χ3v) is 6.59. The molecule has 1 aromatic rings. The van der Waals surface area contributed by atoms with Gasteiger partial charge in [-0.15, -0.1) is 0 Å². The van der Waals surface area contributed by atoms with Crippen LogP contribution in [0.3, 0.4) is 0 Å². The lowest BCUT2D eigenvalue weighted by atomic mass is 9.83. The van der Waals surface area contributed by atoms with Crippen LogP contribution in [0.25, 0.3) is 0 Å². The van der Waals surface area contributed by atoms with Crippen molar-refractivity contribution in [3.8, 4) is 0 Å². The van der Waals surface area contributed by atoms with Crippen LogP contribution in [0.5, 0.6) is 0 Å². The fraction of sp³-hybridized carbons (Fsp3) is 0.750. The number of anilines is 2. The molecule has 0 bridgehead atoms. The number of hydrogen-bond acceptors (Lipinski definition) is 6. The molecular formula is C12H21N3O2S2. The highest BCUT2D eigenvalue weighted by Gasteiger charge is 2.31. The van der Waals surface area contributed by atoms with E-state index in [1.54, 1.807) is 6.92 Å². The van der Waals surface area contributed by atoms with Crippen LogP contribution in [-0.4, -0.2) is 31.6 Å². The van der Waals surface area contributed by atoms with E-state index in [1.165, 1.54) is 11.5 Å². The van der Waals surface area contributed by atoms with Crippen molar-refractivity contribution in [1.29, 1.82) is 0 Å². The molecular weight excluding hydrogens is 282 g/mol. The third kappa shape index (κ3) is 2.86. The van der Waals surface area contributed by atoms with Gasteiger partial charge in [0.05, 0.1) is 5.75 Å². The van der Waals surface area contributed by atoms with E-state index in [9.17, 15) is 8.42 Å². The van der Waals surface area contributed by atoms with Crippen molar-refractivity contribution >= 4 is 32.2 Å². The van der Waals surface area contributed by atoms with Crippen LogP contribution in [0.1, 0.15) is 33.6 Å². The Hall–Kier alpha value is -0.820. The van der Waals surface area contributed by atoms with Crippen LogP contribution in [-0.2, 0) is 9.84 Å². The Morgan fingerprint density at radius 3 is 2.47 bits per heavy atom. The van der Waals surface area contributed by atoms with Gasteiger partial charge in [0.1, 0.15) is 9.90 Å². The topological polar surface area (TPSA) is 76.3 Å². The van der Waals surface area contributed by atoms with Crippen LogP contribution in [0.15, 0.2) is 4.90 Å². The summed E-state index contributed by atoms with van der Waals surface area (Å²) in [4.78, 5) is 2.35. The van der Waals surface area contributed by atoms with E-state index >= 15 is 0 Å². The van der Waals surface area contributed by atoms with Crippen molar-refractivity contribution in [1.82, 2.24) is 4.37 Å². The van der Waals surface area contributed by atoms with Gasteiger partial charge in [-0.25, -0.2) is 8.42 Å². The van der Waals surface area contributed by atoms with Gasteiger partial charge >= 0.3 is 0 Å². The minimum absolute atomic E-state index is 0.0575. The van der Waals surface area contributed by atoms with Crippen LogP contribution < -0.4 is 10.6 Å². The highest BCUT2D eigenvalue weighted by molar-refractivity contribution is 7.91. The van der Waals surface area contributed by atoms with E-state index in [2.05, 4.69) is 23.1 Å². The first-order chi connectivity index (χ1) is 8.77. The van der Waals surface area contributed by atoms with Crippen molar-refractivity contribution in [2.45, 2.75) is 38.5 Å². The molecule has 0 radical (unpaired) electrons. The number of nitrogens with two attached hydrogens (primary N) is 1. The molecule has 1 aliphatic heterocycles. The van der Waals surface area contributed by atoms with Gasteiger partial charge in [0.2, 0.25) is 0 Å². The fourth-order valence-corrected chi connectivity index (χ4v) is 4.60. The SMILES string of the molecule is CCS(=O)(=O)c1c(N)nsc1N1CCC(C)(C)CC1. The summed E-state index contributed by atoms with van der Waals surface area (Å²) in [7, 11) is -3.31. The maximum atomic E-state index is 12.1. The normalized spacial score (nSPS) is 19.6. The molecule has 0 amide bonds. The summed E-state index contributed by atoms with van der Waals surface area (Å²) >= 11 is 1.20. The molecule has 0 aromatic carbocycles. The van der Waals surface area contributed by atoms with E-state index in [1.807, 2.05) is 0 Å². The lowest BCUT2D eigenvalue weighted by Gasteiger charge is -2.37. The standard InChI is InChI=1S/C12H21N3O2S2/c1-4-19(16,17)9-10(13)14-18-11(9)15-7-5-12(2,3)6-8-15/h4-8H2,1-3H3,(H2,13,14). The second kappa shape index (κ2) is 4.94. The van der Waals surface area contributed by atoms with Gasteiger partial charge in [0.25, 0.3) is 0 Å². The van der Waals surface area contributed by atoms with Gasteiger partial charge in [-0.1, -0.05) is 20.8 Å². The second-order valence-corrected chi connectivity index (χ2v) is 8.72. The van der Waals surface area contributed by atoms with Crippen molar-refractivity contribution in [2.24, 2.45) is 5.41 Å². The number of rotatable bonds is 3. The first kappa shape index (κ1) is 14.6. The summed E-state index contributed by atoms with van der Waals surface area (Å²) in [6, 6.07) is 0. The Kier molecular flexibility index (Phi) is 3.79. The molecule has 5 nitrogen and oxygen atoms in total. The van der Waals surface area contributed by atoms with Crippen molar-refractivity contribution in [3.63, 3.8) is 0 Å². The number of aromatic nitrogens is 1. The summed E-state index contributed by atoms with van der Waals surface area (Å²) in [6.45, 7) is 7.85. The zero-order chi connectivity index (χ0) is 14.3. The predicted octanol–water partition coefficient (Wildman–Crippen LogP) is 2.15. The maximum Gasteiger partial charge on any atom is 0.184 e. The summed E-state index contributed by atoms with van der Waals surface area (Å²) < 4.78 is 28.3. The number of nitrogen functional groups attached to an aromatic ring is 1. The van der Waals surface area contributed by atoms with Gasteiger partial charge in [0.15, 0.2) is 15.7 Å². The zero-order valence-corrected chi connectivity index (χ0v) is 13.3. The first-order valence-corrected chi connectivity index (χ1v) is 8.92. The summed E-state index contributed by atoms with van der Waals surface area (Å²) in [6.07, 6.45) is 2.10. The van der Waals surface area contributed by atoms with Crippen molar-refractivity contribution < 1.29 is 8.42 Å². The Bertz CT molecular complexity index is 554. The third-order valence-electron chi connectivity index (χ3n) is 3.75. The highest BCUT2D eigenvalue weighted by atomic mass is 32.2. The highest BCUT2D eigenvalue weighted by Crippen LogP contribution is 2.39. The lowest BCUT2D eigenvalue weighted by molar-refractivity contribution is 0.280. The molecule has 0 atom stereocenters. The van der Waals surface area contributed by atoms with Crippen LogP contribution >= 0.6 is 11.5 Å². The Morgan fingerprint density at radius 2 is 1.95 bits per heavy atom. The molecule has 0 spiro atoms. The van der Waals surface area contributed by atoms with Crippen LogP contribution in [0, 0.1) is 5.41 Å². The second-order valence-electron chi connectivity index (χ2n) is 5.76. The molecule has 0 unspecified atom stereocenters. The molecule has 1 aromatic heterocycles. The molecule has 19 heavy (non-hydrogen) atoms. The molecule has 0 aliphatic carbocycles. The van der Waals surface area contributed by atoms with Crippen molar-refractivity contribution in [3.05, 3.63) is 0 Å². The predicted molar refractivity (Wildman–Crippen MR) is 79.5 cm³/mol. The molecule has 1 aliphatic rings. The minimum Gasteiger partial charge on any atom is -0.382 e. The van der Waals surface area contributed by atoms with Crippen molar-refractivity contribution in [2.75, 3.05) is 29.5 Å².